The zero-order valence-corrected chi connectivity index (χ0v) is 15.4. The van der Waals surface area contributed by atoms with Gasteiger partial charge in [-0.1, -0.05) is 60.7 Å². The van der Waals surface area contributed by atoms with Gasteiger partial charge in [0.2, 0.25) is 0 Å². The van der Waals surface area contributed by atoms with Crippen molar-refractivity contribution < 1.29 is 0 Å². The van der Waals surface area contributed by atoms with Gasteiger partial charge >= 0.3 is 82.1 Å². The average molecular weight is 278 g/mol. The van der Waals surface area contributed by atoms with E-state index in [9.17, 15) is 0 Å². The summed E-state index contributed by atoms with van der Waals surface area (Å²) in [6.45, 7) is 2.26. The van der Waals surface area contributed by atoms with E-state index in [1.54, 1.807) is 0.515 Å². The van der Waals surface area contributed by atoms with Gasteiger partial charge < -0.3 is 0 Å². The Labute approximate surface area is 152 Å². The smallest absolute Gasteiger partial charge is 0.0184 e. The molecule has 0 saturated heterocycles. The van der Waals surface area contributed by atoms with E-state index in [0.29, 0.717) is 0 Å². The van der Waals surface area contributed by atoms with Crippen molar-refractivity contribution in [3.63, 3.8) is 0 Å². The number of benzene rings is 2. The van der Waals surface area contributed by atoms with Crippen molar-refractivity contribution in [3.8, 4) is 11.1 Å². The van der Waals surface area contributed by atoms with E-state index in [1.165, 1.54) is 36.8 Å². The van der Waals surface area contributed by atoms with Crippen molar-refractivity contribution in [1.29, 1.82) is 0 Å². The van der Waals surface area contributed by atoms with E-state index < -0.39 is 0 Å². The van der Waals surface area contributed by atoms with Crippen LogP contribution in [0.5, 0.6) is 0 Å². The summed E-state index contributed by atoms with van der Waals surface area (Å²) in [5.74, 6) is 0. The molecule has 0 aliphatic carbocycles. The fourth-order valence-corrected chi connectivity index (χ4v) is 2.72. The molecule has 2 rings (SSSR count). The molecule has 0 heterocycles. The monoisotopic (exact) mass is 278 g/mol. The number of unbranched alkanes of at least 4 members (excludes halogenated alkanes) is 3. The summed E-state index contributed by atoms with van der Waals surface area (Å²) in [5, 5.41) is 0. The zero-order valence-electron chi connectivity index (χ0n) is 12.3. The van der Waals surface area contributed by atoms with E-state index in [1.807, 2.05) is 12.1 Å². The fraction of sp³-hybridized carbons (Fsp3) is 0.333. The van der Waals surface area contributed by atoms with Gasteiger partial charge in [-0.2, -0.15) is 0 Å². The molecule has 1 heteroatoms. The van der Waals surface area contributed by atoms with E-state index >= 15 is 0 Å². The maximum atomic E-state index is 2.26. The van der Waals surface area contributed by atoms with Crippen LogP contribution in [0.4, 0.5) is 0 Å². The third kappa shape index (κ3) is 8.06. The molecule has 0 fully saturated rings. The second kappa shape index (κ2) is 11.9. The van der Waals surface area contributed by atoms with E-state index in [-0.39, 0.29) is 0 Å². The van der Waals surface area contributed by atoms with Gasteiger partial charge in [0.15, 0.2) is 0 Å². The molecule has 0 aliphatic heterocycles. The molecule has 96 valence electrons. The predicted molar refractivity (Wildman–Crippen MR) is 86.6 cm³/mol. The first-order valence-corrected chi connectivity index (χ1v) is 9.69. The van der Waals surface area contributed by atoms with E-state index in [0.717, 1.165) is 49.0 Å². The first kappa shape index (κ1) is 17.1. The first-order valence-electron chi connectivity index (χ1n) is 7.49. The van der Waals surface area contributed by atoms with Crippen molar-refractivity contribution in [3.05, 3.63) is 60.7 Å². The average Bonchev–Trinajstić information content (AvgIpc) is 2.50. The molecule has 2 aromatic rings. The Morgan fingerprint density at radius 3 is 1.53 bits per heavy atom. The summed E-state index contributed by atoms with van der Waals surface area (Å²) in [6, 6.07) is 20.8. The van der Waals surface area contributed by atoms with Crippen LogP contribution in [0.15, 0.2) is 60.7 Å². The maximum absolute atomic E-state index is 2.26. The third-order valence-corrected chi connectivity index (χ3v) is 4.19. The van der Waals surface area contributed by atoms with Gasteiger partial charge in [0, 0.05) is 0 Å². The predicted octanol–water partition coefficient (Wildman–Crippen LogP) is 5.51. The molecular formula is C18H23K. The van der Waals surface area contributed by atoms with Gasteiger partial charge in [0.05, 0.1) is 0 Å². The summed E-state index contributed by atoms with van der Waals surface area (Å²) in [7, 11) is 0. The zero-order chi connectivity index (χ0) is 13.8. The minimum atomic E-state index is 1.11. The molecular weight excluding hydrogens is 255 g/mol. The number of rotatable bonds is 5. The topological polar surface area (TPSA) is 0 Å². The molecule has 0 N–H and O–H groups in total. The van der Waals surface area contributed by atoms with Gasteiger partial charge in [-0.15, -0.1) is 0 Å². The number of hydrogen-bond donors (Lipinski definition) is 0. The summed E-state index contributed by atoms with van der Waals surface area (Å²) in [4.78, 5) is 0. The fourth-order valence-electron chi connectivity index (χ4n) is 1.94. The van der Waals surface area contributed by atoms with E-state index in [4.69, 9.17) is 0 Å². The van der Waals surface area contributed by atoms with Gasteiger partial charge in [0.25, 0.3) is 0 Å². The summed E-state index contributed by atoms with van der Waals surface area (Å²) < 4.78 is 1.55. The summed E-state index contributed by atoms with van der Waals surface area (Å²) in [5.41, 5.74) is 2.55. The molecule has 0 atom stereocenters. The van der Waals surface area contributed by atoms with Crippen molar-refractivity contribution in [2.75, 3.05) is 0 Å². The van der Waals surface area contributed by atoms with Crippen LogP contribution in [-0.2, 0) is 0 Å². The third-order valence-electron chi connectivity index (χ3n) is 3.09. The second-order valence-electron chi connectivity index (χ2n) is 4.79. The summed E-state index contributed by atoms with van der Waals surface area (Å²) >= 11 is 1.11. The van der Waals surface area contributed by atoms with Crippen molar-refractivity contribution >= 4 is 49.0 Å². The maximum Gasteiger partial charge on any atom is -0.0184 e. The summed E-state index contributed by atoms with van der Waals surface area (Å²) in [6.07, 6.45) is 5.83. The Morgan fingerprint density at radius 2 is 1.16 bits per heavy atom. The molecule has 0 saturated carbocycles. The van der Waals surface area contributed by atoms with Crippen molar-refractivity contribution in [1.82, 2.24) is 0 Å². The molecule has 0 bridgehead atoms. The molecule has 0 nitrogen and oxygen atoms in total. The number of hydrogen-bond acceptors (Lipinski definition) is 0. The standard InChI is InChI=1S/C12H10.C6H13.K/c1-3-7-11(8-4-1)12-9-5-2-6-10-12;1-3-5-6-4-2;/h1-10H;1,3-6H2,2H3;. The molecule has 2 aromatic carbocycles. The van der Waals surface area contributed by atoms with Gasteiger partial charge in [0.1, 0.15) is 0 Å². The Balaban J connectivity index is 0.000000224. The molecule has 0 aliphatic rings. The second-order valence-corrected chi connectivity index (χ2v) is 6.35. The van der Waals surface area contributed by atoms with Gasteiger partial charge in [-0.05, 0) is 11.1 Å². The van der Waals surface area contributed by atoms with Crippen LogP contribution in [0.3, 0.4) is 0 Å². The van der Waals surface area contributed by atoms with Crippen LogP contribution < -0.4 is 0 Å². The minimum Gasteiger partial charge on any atom is -0.0622 e. The Bertz CT molecular complexity index is 367. The molecule has 0 radical (unpaired) electrons. The van der Waals surface area contributed by atoms with Crippen LogP contribution in [-0.4, -0.2) is 49.0 Å². The Kier molecular flexibility index (Phi) is 10.7. The van der Waals surface area contributed by atoms with Crippen LogP contribution >= 0.6 is 0 Å². The molecule has 0 aromatic heterocycles. The minimum absolute atomic E-state index is 1.11. The van der Waals surface area contributed by atoms with Gasteiger partial charge in [-0.3, -0.25) is 0 Å². The molecule has 0 amide bonds. The van der Waals surface area contributed by atoms with Crippen LogP contribution in [0, 0.1) is 0 Å². The Morgan fingerprint density at radius 1 is 0.684 bits per heavy atom. The molecule has 0 spiro atoms. The SMILES string of the molecule is CCCCC[CH2][K].c1ccc(-c2ccccc2)cc1. The largest absolute Gasteiger partial charge is 0.0622 e. The Hall–Kier alpha value is 0.0764. The van der Waals surface area contributed by atoms with Crippen LogP contribution in [0.25, 0.3) is 11.1 Å². The van der Waals surface area contributed by atoms with E-state index in [2.05, 4.69) is 55.5 Å². The first-order chi connectivity index (χ1) is 9.38. The molecule has 0 unspecified atom stereocenters. The normalized spacial score (nSPS) is 9.63. The molecule has 19 heavy (non-hydrogen) atoms. The quantitative estimate of drug-likeness (QED) is 0.500. The van der Waals surface area contributed by atoms with Crippen molar-refractivity contribution in [2.24, 2.45) is 0 Å². The van der Waals surface area contributed by atoms with Crippen molar-refractivity contribution in [2.45, 2.75) is 33.1 Å². The van der Waals surface area contributed by atoms with Gasteiger partial charge in [-0.25, -0.2) is 0 Å². The van der Waals surface area contributed by atoms with Crippen LogP contribution in [0.1, 0.15) is 32.6 Å². The van der Waals surface area contributed by atoms with Crippen LogP contribution in [0.2, 0.25) is 0.515 Å².